The summed E-state index contributed by atoms with van der Waals surface area (Å²) in [6, 6.07) is 9.98. The smallest absolute Gasteiger partial charge is 0.258 e. The van der Waals surface area contributed by atoms with Crippen LogP contribution in [0.1, 0.15) is 11.1 Å². The summed E-state index contributed by atoms with van der Waals surface area (Å²) < 4.78 is 31.1. The number of carbonyl (C=O) groups is 1. The van der Waals surface area contributed by atoms with E-state index in [-0.39, 0.29) is 25.5 Å². The van der Waals surface area contributed by atoms with Crippen LogP contribution in [0, 0.1) is 11.6 Å². The Balaban J connectivity index is 1.85. The average molecular weight is 307 g/mol. The molecule has 0 fully saturated rings. The summed E-state index contributed by atoms with van der Waals surface area (Å²) in [4.78, 5) is 11.7. The fraction of sp³-hybridized carbons (Fsp3) is 0.188. The molecule has 2 aromatic carbocycles. The molecule has 0 aliphatic heterocycles. The molecule has 0 radical (unpaired) electrons. The summed E-state index contributed by atoms with van der Waals surface area (Å²) in [6.45, 7) is -0.280. The van der Waals surface area contributed by atoms with E-state index >= 15 is 0 Å². The zero-order valence-corrected chi connectivity index (χ0v) is 11.7. The fourth-order valence-electron chi connectivity index (χ4n) is 1.86. The van der Waals surface area contributed by atoms with Crippen molar-refractivity contribution in [3.8, 4) is 5.75 Å². The zero-order chi connectivity index (χ0) is 15.9. The molecular formula is C16H15F2NO3. The summed E-state index contributed by atoms with van der Waals surface area (Å²) in [5.74, 6) is -2.21. The van der Waals surface area contributed by atoms with Gasteiger partial charge in [0.1, 0.15) is 5.82 Å². The minimum Gasteiger partial charge on any atom is -0.481 e. The van der Waals surface area contributed by atoms with Crippen LogP contribution in [0.3, 0.4) is 0 Å². The molecule has 0 bridgehead atoms. The zero-order valence-electron chi connectivity index (χ0n) is 11.7. The third kappa shape index (κ3) is 4.26. The van der Waals surface area contributed by atoms with Crippen LogP contribution < -0.4 is 10.1 Å². The maximum atomic E-state index is 13.3. The number of aliphatic hydroxyl groups is 1. The lowest BCUT2D eigenvalue weighted by atomic mass is 10.1. The number of halogens is 2. The van der Waals surface area contributed by atoms with Crippen LogP contribution in [0.15, 0.2) is 42.5 Å². The molecule has 0 atom stereocenters. The van der Waals surface area contributed by atoms with E-state index in [9.17, 15) is 18.7 Å². The molecule has 22 heavy (non-hydrogen) atoms. The lowest BCUT2D eigenvalue weighted by Gasteiger charge is -2.10. The Kier molecular flexibility index (Phi) is 5.43. The Morgan fingerprint density at radius 2 is 1.86 bits per heavy atom. The highest BCUT2D eigenvalue weighted by atomic mass is 19.1. The first-order chi connectivity index (χ1) is 10.6. The molecule has 0 spiro atoms. The minimum absolute atomic E-state index is 0.122. The topological polar surface area (TPSA) is 58.6 Å². The Hall–Kier alpha value is -2.47. The van der Waals surface area contributed by atoms with Gasteiger partial charge in [0.25, 0.3) is 5.91 Å². The van der Waals surface area contributed by atoms with Gasteiger partial charge in [-0.3, -0.25) is 4.79 Å². The highest BCUT2D eigenvalue weighted by Crippen LogP contribution is 2.17. The summed E-state index contributed by atoms with van der Waals surface area (Å²) in [5, 5.41) is 11.8. The van der Waals surface area contributed by atoms with E-state index in [1.165, 1.54) is 0 Å². The second-order valence-corrected chi connectivity index (χ2v) is 4.57. The maximum Gasteiger partial charge on any atom is 0.258 e. The first kappa shape index (κ1) is 15.9. The van der Waals surface area contributed by atoms with E-state index < -0.39 is 17.5 Å². The van der Waals surface area contributed by atoms with Crippen LogP contribution in [0.4, 0.5) is 8.78 Å². The number of rotatable bonds is 6. The number of ether oxygens (including phenoxy) is 1. The standard InChI is InChI=1S/C16H15F2NO3/c17-13-5-6-15(14(18)7-13)22-10-16(21)19-8-11-3-1-2-4-12(11)9-20/h1-7,20H,8-10H2,(H,19,21). The van der Waals surface area contributed by atoms with Crippen LogP contribution in [0.25, 0.3) is 0 Å². The molecule has 4 nitrogen and oxygen atoms in total. The van der Waals surface area contributed by atoms with E-state index in [1.807, 2.05) is 0 Å². The third-order valence-corrected chi connectivity index (χ3v) is 3.02. The Labute approximate surface area is 126 Å². The van der Waals surface area contributed by atoms with Crippen LogP contribution >= 0.6 is 0 Å². The number of benzene rings is 2. The largest absolute Gasteiger partial charge is 0.481 e. The maximum absolute atomic E-state index is 13.3. The molecule has 0 aliphatic carbocycles. The van der Waals surface area contributed by atoms with Gasteiger partial charge in [-0.25, -0.2) is 8.78 Å². The van der Waals surface area contributed by atoms with Gasteiger partial charge in [0.2, 0.25) is 0 Å². The van der Waals surface area contributed by atoms with E-state index in [1.54, 1.807) is 24.3 Å². The van der Waals surface area contributed by atoms with Crippen LogP contribution in [0.5, 0.6) is 5.75 Å². The lowest BCUT2D eigenvalue weighted by Crippen LogP contribution is -2.28. The third-order valence-electron chi connectivity index (χ3n) is 3.02. The Bertz CT molecular complexity index is 662. The second-order valence-electron chi connectivity index (χ2n) is 4.57. The number of nitrogens with one attached hydrogen (secondary N) is 1. The molecule has 0 aromatic heterocycles. The quantitative estimate of drug-likeness (QED) is 0.860. The second kappa shape index (κ2) is 7.51. The van der Waals surface area contributed by atoms with Crippen LogP contribution in [-0.2, 0) is 17.9 Å². The predicted octanol–water partition coefficient (Wildman–Crippen LogP) is 2.15. The lowest BCUT2D eigenvalue weighted by molar-refractivity contribution is -0.123. The van der Waals surface area contributed by atoms with E-state index in [2.05, 4.69) is 5.32 Å². The van der Waals surface area contributed by atoms with Crippen molar-refractivity contribution in [2.75, 3.05) is 6.61 Å². The van der Waals surface area contributed by atoms with Crippen molar-refractivity contribution in [3.05, 3.63) is 65.2 Å². The van der Waals surface area contributed by atoms with E-state index in [0.717, 1.165) is 17.7 Å². The molecule has 6 heteroatoms. The number of carbonyl (C=O) groups excluding carboxylic acids is 1. The van der Waals surface area contributed by atoms with Gasteiger partial charge in [0.15, 0.2) is 18.2 Å². The molecule has 1 amide bonds. The molecule has 116 valence electrons. The molecular weight excluding hydrogens is 292 g/mol. The van der Waals surface area contributed by atoms with Gasteiger partial charge >= 0.3 is 0 Å². The summed E-state index contributed by atoms with van der Waals surface area (Å²) >= 11 is 0. The van der Waals surface area contributed by atoms with Crippen molar-refractivity contribution < 1.29 is 23.4 Å². The van der Waals surface area contributed by atoms with Crippen molar-refractivity contribution in [3.63, 3.8) is 0 Å². The van der Waals surface area contributed by atoms with Crippen molar-refractivity contribution in [2.45, 2.75) is 13.2 Å². The van der Waals surface area contributed by atoms with Crippen molar-refractivity contribution in [2.24, 2.45) is 0 Å². The van der Waals surface area contributed by atoms with Gasteiger partial charge in [-0.05, 0) is 23.3 Å². The number of aliphatic hydroxyl groups excluding tert-OH is 1. The van der Waals surface area contributed by atoms with Crippen molar-refractivity contribution in [1.29, 1.82) is 0 Å². The highest BCUT2D eigenvalue weighted by Gasteiger charge is 2.08. The molecule has 0 aliphatic rings. The summed E-state index contributed by atoms with van der Waals surface area (Å²) in [7, 11) is 0. The van der Waals surface area contributed by atoms with Crippen molar-refractivity contribution >= 4 is 5.91 Å². The SMILES string of the molecule is O=C(COc1ccc(F)cc1F)NCc1ccccc1CO. The molecule has 0 saturated carbocycles. The summed E-state index contributed by atoms with van der Waals surface area (Å²) in [6.07, 6.45) is 0. The van der Waals surface area contributed by atoms with Gasteiger partial charge in [0, 0.05) is 12.6 Å². The van der Waals surface area contributed by atoms with Crippen LogP contribution in [-0.4, -0.2) is 17.6 Å². The van der Waals surface area contributed by atoms with Gasteiger partial charge in [0.05, 0.1) is 6.61 Å². The molecule has 0 heterocycles. The van der Waals surface area contributed by atoms with Crippen LogP contribution in [0.2, 0.25) is 0 Å². The number of hydrogen-bond donors (Lipinski definition) is 2. The number of hydrogen-bond acceptors (Lipinski definition) is 3. The van der Waals surface area contributed by atoms with Gasteiger partial charge in [-0.15, -0.1) is 0 Å². The van der Waals surface area contributed by atoms with Gasteiger partial charge in [-0.2, -0.15) is 0 Å². The Morgan fingerprint density at radius 1 is 1.14 bits per heavy atom. The molecule has 0 unspecified atom stereocenters. The number of amides is 1. The van der Waals surface area contributed by atoms with Gasteiger partial charge < -0.3 is 15.2 Å². The highest BCUT2D eigenvalue weighted by molar-refractivity contribution is 5.77. The molecule has 2 N–H and O–H groups in total. The predicted molar refractivity (Wildman–Crippen MR) is 76.1 cm³/mol. The first-order valence-electron chi connectivity index (χ1n) is 6.62. The Morgan fingerprint density at radius 3 is 2.55 bits per heavy atom. The normalized spacial score (nSPS) is 10.3. The monoisotopic (exact) mass is 307 g/mol. The van der Waals surface area contributed by atoms with E-state index in [4.69, 9.17) is 4.74 Å². The average Bonchev–Trinajstić information content (AvgIpc) is 2.52. The van der Waals surface area contributed by atoms with Crippen molar-refractivity contribution in [1.82, 2.24) is 5.32 Å². The first-order valence-corrected chi connectivity index (χ1v) is 6.62. The molecule has 2 aromatic rings. The van der Waals surface area contributed by atoms with Gasteiger partial charge in [-0.1, -0.05) is 24.3 Å². The minimum atomic E-state index is -0.863. The molecule has 0 saturated heterocycles. The summed E-state index contributed by atoms with van der Waals surface area (Å²) in [5.41, 5.74) is 1.50. The van der Waals surface area contributed by atoms with E-state index in [0.29, 0.717) is 11.6 Å². The molecule has 2 rings (SSSR count). The fourth-order valence-corrected chi connectivity index (χ4v) is 1.86.